The van der Waals surface area contributed by atoms with E-state index < -0.39 is 0 Å². The maximum absolute atomic E-state index is 11.1. The van der Waals surface area contributed by atoms with E-state index in [0.717, 1.165) is 44.6 Å². The summed E-state index contributed by atoms with van der Waals surface area (Å²) in [5.74, 6) is 2.66. The first-order valence-electron chi connectivity index (χ1n) is 10.6. The Morgan fingerprint density at radius 1 is 1.19 bits per heavy atom. The zero-order valence-corrected chi connectivity index (χ0v) is 15.8. The first-order chi connectivity index (χ1) is 12.6. The highest BCUT2D eigenvalue weighted by Gasteiger charge is 2.63. The van der Waals surface area contributed by atoms with Crippen molar-refractivity contribution in [1.82, 2.24) is 0 Å². The summed E-state index contributed by atoms with van der Waals surface area (Å²) in [6, 6.07) is -0.0695. The molecular formula is C22H31NO3. The molecule has 0 radical (unpaired) electrons. The highest BCUT2D eigenvalue weighted by Crippen LogP contribution is 2.67. The molecular weight excluding hydrogens is 326 g/mol. The summed E-state index contributed by atoms with van der Waals surface area (Å²) in [7, 11) is 0. The largest absolute Gasteiger partial charge is 0.392 e. The van der Waals surface area contributed by atoms with Crippen LogP contribution in [-0.2, 0) is 4.74 Å². The molecule has 3 fully saturated rings. The van der Waals surface area contributed by atoms with Gasteiger partial charge >= 0.3 is 0 Å². The van der Waals surface area contributed by atoms with E-state index in [-0.39, 0.29) is 23.7 Å². The van der Waals surface area contributed by atoms with E-state index in [1.54, 1.807) is 0 Å². The third kappa shape index (κ3) is 2.15. The van der Waals surface area contributed by atoms with E-state index in [9.17, 15) is 10.0 Å². The molecule has 0 aromatic heterocycles. The summed E-state index contributed by atoms with van der Waals surface area (Å²) in [5.41, 5.74) is 2.84. The molecule has 1 heterocycles. The Morgan fingerprint density at radius 3 is 2.81 bits per heavy atom. The number of aliphatic hydroxyl groups excluding tert-OH is 1. The SMILES string of the molecule is C[C@]12CCC3C(CC(CO)=C4CC(N=O)CC[C@@H]43)C1CC[C@@]21C=CCO1. The fourth-order valence-electron chi connectivity index (χ4n) is 7.74. The van der Waals surface area contributed by atoms with Crippen molar-refractivity contribution < 1.29 is 9.84 Å². The van der Waals surface area contributed by atoms with Crippen molar-refractivity contribution in [1.29, 1.82) is 0 Å². The zero-order valence-electron chi connectivity index (χ0n) is 15.8. The maximum Gasteiger partial charge on any atom is 0.0957 e. The Hall–Kier alpha value is -1.00. The van der Waals surface area contributed by atoms with E-state index in [0.29, 0.717) is 17.8 Å². The van der Waals surface area contributed by atoms with Gasteiger partial charge in [0.25, 0.3) is 0 Å². The van der Waals surface area contributed by atoms with Crippen LogP contribution >= 0.6 is 0 Å². The topological polar surface area (TPSA) is 58.9 Å². The van der Waals surface area contributed by atoms with Crippen LogP contribution in [-0.4, -0.2) is 30.0 Å². The molecule has 5 rings (SSSR count). The highest BCUT2D eigenvalue weighted by molar-refractivity contribution is 5.30. The van der Waals surface area contributed by atoms with Gasteiger partial charge in [-0.2, -0.15) is 4.91 Å². The van der Waals surface area contributed by atoms with E-state index in [2.05, 4.69) is 24.3 Å². The lowest BCUT2D eigenvalue weighted by Gasteiger charge is -2.56. The van der Waals surface area contributed by atoms with Gasteiger partial charge in [0.2, 0.25) is 0 Å². The van der Waals surface area contributed by atoms with Gasteiger partial charge in [-0.25, -0.2) is 0 Å². The monoisotopic (exact) mass is 357 g/mol. The molecule has 4 unspecified atom stereocenters. The van der Waals surface area contributed by atoms with Crippen LogP contribution in [0.2, 0.25) is 0 Å². The summed E-state index contributed by atoms with van der Waals surface area (Å²) in [6.45, 7) is 3.40. The first-order valence-corrected chi connectivity index (χ1v) is 10.6. The summed E-state index contributed by atoms with van der Waals surface area (Å²) in [5, 5.41) is 13.4. The van der Waals surface area contributed by atoms with Gasteiger partial charge in [0.1, 0.15) is 0 Å². The molecule has 5 aliphatic rings. The standard InChI is InChI=1S/C22H31NO3/c1-21-8-5-17-16-4-3-15(23-25)12-18(16)14(13-24)11-19(17)20(21)6-9-22(21)7-2-10-26-22/h2,7,15-17,19-20,24H,3-6,8-13H2,1H3/t15?,16-,17?,19?,20?,21+,22+/m1/s1. The fraction of sp³-hybridized carbons (Fsp3) is 0.818. The molecule has 0 aromatic rings. The number of nitroso groups, excluding NO2 is 1. The summed E-state index contributed by atoms with van der Waals surface area (Å²) >= 11 is 0. The minimum absolute atomic E-state index is 0.0366. The number of rotatable bonds is 2. The predicted octanol–water partition coefficient (Wildman–Crippen LogP) is 4.38. The molecule has 0 aromatic carbocycles. The molecule has 1 aliphatic heterocycles. The van der Waals surface area contributed by atoms with Crippen molar-refractivity contribution >= 4 is 0 Å². The van der Waals surface area contributed by atoms with Crippen molar-refractivity contribution in [2.75, 3.05) is 13.2 Å². The Morgan fingerprint density at radius 2 is 2.08 bits per heavy atom. The zero-order chi connectivity index (χ0) is 17.9. The molecule has 3 saturated carbocycles. The molecule has 0 bridgehead atoms. The third-order valence-electron chi connectivity index (χ3n) is 9.01. The number of aliphatic hydroxyl groups is 1. The van der Waals surface area contributed by atoms with Crippen LogP contribution in [0.15, 0.2) is 28.5 Å². The lowest BCUT2D eigenvalue weighted by atomic mass is 9.50. The average Bonchev–Trinajstić information content (AvgIpc) is 3.27. The van der Waals surface area contributed by atoms with Gasteiger partial charge in [0, 0.05) is 5.41 Å². The minimum atomic E-state index is -0.0695. The van der Waals surface area contributed by atoms with Crippen molar-refractivity contribution in [3.8, 4) is 0 Å². The van der Waals surface area contributed by atoms with Crippen LogP contribution in [0.4, 0.5) is 0 Å². The minimum Gasteiger partial charge on any atom is -0.392 e. The molecule has 1 N–H and O–H groups in total. The lowest BCUT2D eigenvalue weighted by Crippen LogP contribution is -2.52. The summed E-state index contributed by atoms with van der Waals surface area (Å²) in [4.78, 5) is 11.1. The van der Waals surface area contributed by atoms with E-state index in [4.69, 9.17) is 4.74 Å². The Bertz CT molecular complexity index is 670. The molecule has 26 heavy (non-hydrogen) atoms. The molecule has 4 aliphatic carbocycles. The van der Waals surface area contributed by atoms with Crippen LogP contribution in [0.1, 0.15) is 58.3 Å². The second-order valence-electron chi connectivity index (χ2n) is 9.67. The summed E-state index contributed by atoms with van der Waals surface area (Å²) in [6.07, 6.45) is 13.3. The number of ether oxygens (including phenoxy) is 1. The second-order valence-corrected chi connectivity index (χ2v) is 9.67. The smallest absolute Gasteiger partial charge is 0.0957 e. The Labute approximate surface area is 156 Å². The highest BCUT2D eigenvalue weighted by atomic mass is 16.5. The summed E-state index contributed by atoms with van der Waals surface area (Å²) < 4.78 is 6.32. The molecule has 4 heteroatoms. The second kappa shape index (κ2) is 6.00. The maximum atomic E-state index is 11.1. The third-order valence-corrected chi connectivity index (χ3v) is 9.01. The number of hydrogen-bond donors (Lipinski definition) is 1. The van der Waals surface area contributed by atoms with Crippen molar-refractivity contribution in [3.63, 3.8) is 0 Å². The first kappa shape index (κ1) is 17.1. The van der Waals surface area contributed by atoms with Gasteiger partial charge in [0.15, 0.2) is 0 Å². The van der Waals surface area contributed by atoms with Gasteiger partial charge in [-0.15, -0.1) is 0 Å². The molecule has 142 valence electrons. The lowest BCUT2D eigenvalue weighted by molar-refractivity contribution is -0.108. The Balaban J connectivity index is 1.49. The molecule has 7 atom stereocenters. The normalized spacial score (nSPS) is 49.8. The van der Waals surface area contributed by atoms with Crippen molar-refractivity contribution in [2.24, 2.45) is 34.3 Å². The van der Waals surface area contributed by atoms with Gasteiger partial charge < -0.3 is 9.84 Å². The van der Waals surface area contributed by atoms with Crippen molar-refractivity contribution in [3.05, 3.63) is 28.2 Å². The van der Waals surface area contributed by atoms with Crippen LogP contribution in [0, 0.1) is 34.0 Å². The number of hydrogen-bond acceptors (Lipinski definition) is 4. The van der Waals surface area contributed by atoms with E-state index >= 15 is 0 Å². The van der Waals surface area contributed by atoms with E-state index in [1.165, 1.54) is 30.4 Å². The van der Waals surface area contributed by atoms with Crippen LogP contribution in [0.5, 0.6) is 0 Å². The van der Waals surface area contributed by atoms with Crippen LogP contribution in [0.25, 0.3) is 0 Å². The average molecular weight is 357 g/mol. The van der Waals surface area contributed by atoms with Crippen molar-refractivity contribution in [2.45, 2.75) is 69.9 Å². The quantitative estimate of drug-likeness (QED) is 0.589. The molecule has 1 spiro atoms. The van der Waals surface area contributed by atoms with Crippen LogP contribution < -0.4 is 0 Å². The molecule has 0 saturated heterocycles. The number of nitrogens with zero attached hydrogens (tertiary/aromatic N) is 1. The van der Waals surface area contributed by atoms with Gasteiger partial charge in [-0.3, -0.25) is 0 Å². The van der Waals surface area contributed by atoms with Gasteiger partial charge in [-0.05, 0) is 80.6 Å². The van der Waals surface area contributed by atoms with E-state index in [1.807, 2.05) is 0 Å². The van der Waals surface area contributed by atoms with Gasteiger partial charge in [-0.1, -0.05) is 29.8 Å². The predicted molar refractivity (Wildman–Crippen MR) is 101 cm³/mol. The van der Waals surface area contributed by atoms with Crippen LogP contribution in [0.3, 0.4) is 0 Å². The molecule has 0 amide bonds. The fourth-order valence-corrected chi connectivity index (χ4v) is 7.74. The number of fused-ring (bicyclic) bond motifs is 6. The Kier molecular flexibility index (Phi) is 3.95. The van der Waals surface area contributed by atoms with Gasteiger partial charge in [0.05, 0.1) is 24.9 Å². The molecule has 4 nitrogen and oxygen atoms in total.